The maximum Gasteiger partial charge on any atom is 0.342 e. The van der Waals surface area contributed by atoms with E-state index in [0.29, 0.717) is 0 Å². The van der Waals surface area contributed by atoms with Crippen LogP contribution in [0.1, 0.15) is 0 Å². The van der Waals surface area contributed by atoms with Crippen LogP contribution in [-0.2, 0) is 0 Å². The van der Waals surface area contributed by atoms with Crippen molar-refractivity contribution >= 4 is 12.2 Å². The van der Waals surface area contributed by atoms with Gasteiger partial charge in [-0.3, -0.25) is 5.32 Å². The summed E-state index contributed by atoms with van der Waals surface area (Å²) in [5.74, 6) is 2.33. The minimum Gasteiger partial charge on any atom is -0.269 e. The molecule has 0 aromatic carbocycles. The second-order valence-electron chi connectivity index (χ2n) is 0.705. The standard InChI is InChI=1S/C4H6N2/c1-3-6-4-5-2/h4H,1H2,2H3/p+1. The molecule has 0 aliphatic heterocycles. The highest BCUT2D eigenvalue weighted by atomic mass is 14.8. The molecule has 0 fully saturated rings. The van der Waals surface area contributed by atoms with Crippen LogP contribution in [0.4, 0.5) is 0 Å². The average molecular weight is 83.1 g/mol. The van der Waals surface area contributed by atoms with Crippen molar-refractivity contribution in [2.24, 2.45) is 0 Å². The van der Waals surface area contributed by atoms with Gasteiger partial charge in [0.05, 0.1) is 7.05 Å². The summed E-state index contributed by atoms with van der Waals surface area (Å²) in [6, 6.07) is 0. The Balaban J connectivity index is 3.47. The first-order valence-corrected chi connectivity index (χ1v) is 1.62. The van der Waals surface area contributed by atoms with Crippen molar-refractivity contribution in [3.8, 4) is 0 Å². The van der Waals surface area contributed by atoms with E-state index in [1.165, 1.54) is 6.34 Å². The predicted octanol–water partition coefficient (Wildman–Crippen LogP) is -0.843. The van der Waals surface area contributed by atoms with Crippen molar-refractivity contribution in [3.05, 3.63) is 6.58 Å². The van der Waals surface area contributed by atoms with Crippen molar-refractivity contribution in [2.45, 2.75) is 0 Å². The summed E-state index contributed by atoms with van der Waals surface area (Å²) in [5, 5.41) is 2.67. The molecule has 0 aromatic rings. The Labute approximate surface area is 36.9 Å². The summed E-state index contributed by atoms with van der Waals surface area (Å²) >= 11 is 0. The molecule has 0 rings (SSSR count). The van der Waals surface area contributed by atoms with Gasteiger partial charge >= 0.3 is 6.34 Å². The van der Waals surface area contributed by atoms with Gasteiger partial charge in [-0.1, -0.05) is 0 Å². The largest absolute Gasteiger partial charge is 0.342 e. The number of rotatable bonds is 1. The van der Waals surface area contributed by atoms with E-state index >= 15 is 0 Å². The fourth-order valence-electron chi connectivity index (χ4n) is 0.110. The predicted molar refractivity (Wildman–Crippen MR) is 27.9 cm³/mol. The molecule has 0 bridgehead atoms. The molecule has 2 heteroatoms. The van der Waals surface area contributed by atoms with E-state index in [4.69, 9.17) is 0 Å². The second kappa shape index (κ2) is 4.03. The molecule has 0 aliphatic rings. The number of nitrogens with one attached hydrogen (secondary N) is 1. The summed E-state index contributed by atoms with van der Waals surface area (Å²) in [6.45, 7) is 3.24. The van der Waals surface area contributed by atoms with Crippen LogP contribution in [0.25, 0.3) is 0 Å². The van der Waals surface area contributed by atoms with Crippen LogP contribution in [0.2, 0.25) is 0 Å². The SMILES string of the molecule is C=C=[N+]=CNC. The van der Waals surface area contributed by atoms with Crippen molar-refractivity contribution in [2.75, 3.05) is 7.05 Å². The Hall–Kier alpha value is -0.970. The van der Waals surface area contributed by atoms with E-state index in [0.717, 1.165) is 0 Å². The third-order valence-corrected chi connectivity index (χ3v) is 0.285. The summed E-state index contributed by atoms with van der Waals surface area (Å²) in [5.41, 5.74) is 0. The zero-order chi connectivity index (χ0) is 4.83. The lowest BCUT2D eigenvalue weighted by molar-refractivity contribution is 1.21. The first-order chi connectivity index (χ1) is 2.91. The van der Waals surface area contributed by atoms with Crippen LogP contribution in [0.15, 0.2) is 6.58 Å². The monoisotopic (exact) mass is 83.1 g/mol. The topological polar surface area (TPSA) is 26.1 Å². The van der Waals surface area contributed by atoms with Gasteiger partial charge in [0.25, 0.3) is 0 Å². The highest BCUT2D eigenvalue weighted by Gasteiger charge is 1.58. The van der Waals surface area contributed by atoms with Crippen LogP contribution >= 0.6 is 0 Å². The highest BCUT2D eigenvalue weighted by Crippen LogP contribution is 1.13. The molecule has 0 atom stereocenters. The second-order valence-corrected chi connectivity index (χ2v) is 0.705. The lowest BCUT2D eigenvalue weighted by Crippen LogP contribution is -2.02. The molecule has 0 heterocycles. The Bertz CT molecular complexity index is 94.1. The molecule has 0 aromatic heterocycles. The fraction of sp³-hybridized carbons (Fsp3) is 0.250. The van der Waals surface area contributed by atoms with Crippen molar-refractivity contribution < 1.29 is 0 Å². The summed E-state index contributed by atoms with van der Waals surface area (Å²) in [7, 11) is 1.76. The van der Waals surface area contributed by atoms with Crippen LogP contribution in [0.3, 0.4) is 0 Å². The van der Waals surface area contributed by atoms with E-state index in [1.54, 1.807) is 7.05 Å². The first-order valence-electron chi connectivity index (χ1n) is 1.62. The molecule has 6 heavy (non-hydrogen) atoms. The molecular formula is C4H7N2+. The maximum absolute atomic E-state index is 3.49. The van der Waals surface area contributed by atoms with Gasteiger partial charge in [0.15, 0.2) is 5.87 Å². The lowest BCUT2D eigenvalue weighted by atomic mass is 11.1. The maximum atomic E-state index is 3.49. The third kappa shape index (κ3) is 3.03. The third-order valence-electron chi connectivity index (χ3n) is 0.285. The molecule has 0 aliphatic carbocycles. The van der Waals surface area contributed by atoms with Gasteiger partial charge in [-0.2, -0.15) is 4.67 Å². The van der Waals surface area contributed by atoms with E-state index in [-0.39, 0.29) is 0 Å². The van der Waals surface area contributed by atoms with E-state index < -0.39 is 0 Å². The Kier molecular flexibility index (Phi) is 3.38. The van der Waals surface area contributed by atoms with Gasteiger partial charge in [-0.25, -0.2) is 0 Å². The highest BCUT2D eigenvalue weighted by molar-refractivity contribution is 5.59. The molecule has 0 amide bonds. The smallest absolute Gasteiger partial charge is 0.269 e. The summed E-state index contributed by atoms with van der Waals surface area (Å²) < 4.78 is 3.49. The molecule has 0 radical (unpaired) electrons. The van der Waals surface area contributed by atoms with Crippen molar-refractivity contribution in [1.29, 1.82) is 0 Å². The number of nitrogens with zero attached hydrogens (tertiary/aromatic N) is 1. The minimum absolute atomic E-state index is 1.51. The molecule has 32 valence electrons. The molecule has 2 nitrogen and oxygen atoms in total. The van der Waals surface area contributed by atoms with Crippen molar-refractivity contribution in [1.82, 2.24) is 9.98 Å². The van der Waals surface area contributed by atoms with Gasteiger partial charge in [0, 0.05) is 6.58 Å². The minimum atomic E-state index is 1.51. The molecule has 0 unspecified atom stereocenters. The van der Waals surface area contributed by atoms with Crippen LogP contribution in [0, 0.1) is 0 Å². The van der Waals surface area contributed by atoms with E-state index in [9.17, 15) is 0 Å². The molecular weight excluding hydrogens is 76.1 g/mol. The van der Waals surface area contributed by atoms with E-state index in [2.05, 4.69) is 22.4 Å². The van der Waals surface area contributed by atoms with Gasteiger partial charge in [0.2, 0.25) is 0 Å². The van der Waals surface area contributed by atoms with Crippen LogP contribution in [-0.4, -0.2) is 19.3 Å². The van der Waals surface area contributed by atoms with Gasteiger partial charge < -0.3 is 0 Å². The van der Waals surface area contributed by atoms with Gasteiger partial charge in [0.1, 0.15) is 0 Å². The quantitative estimate of drug-likeness (QED) is 0.249. The van der Waals surface area contributed by atoms with Crippen molar-refractivity contribution in [3.63, 3.8) is 0 Å². The normalized spacial score (nSPS) is 4.83. The van der Waals surface area contributed by atoms with E-state index in [1.807, 2.05) is 0 Å². The van der Waals surface area contributed by atoms with Gasteiger partial charge in [-0.15, -0.1) is 0 Å². The Morgan fingerprint density at radius 3 is 2.83 bits per heavy atom. The summed E-state index contributed by atoms with van der Waals surface area (Å²) in [6.07, 6.45) is 1.51. The average Bonchev–Trinajstić information content (AvgIpc) is 1.61. The molecule has 0 saturated carbocycles. The summed E-state index contributed by atoms with van der Waals surface area (Å²) in [4.78, 5) is 0. The first kappa shape index (κ1) is 5.03. The molecule has 0 saturated heterocycles. The van der Waals surface area contributed by atoms with Gasteiger partial charge in [-0.05, 0) is 0 Å². The Morgan fingerprint density at radius 1 is 2.00 bits per heavy atom. The zero-order valence-corrected chi connectivity index (χ0v) is 3.73. The lowest BCUT2D eigenvalue weighted by Gasteiger charge is -1.57. The van der Waals surface area contributed by atoms with Crippen LogP contribution in [0.5, 0.6) is 0 Å². The fourth-order valence-corrected chi connectivity index (χ4v) is 0.110. The number of hydrogen-bond acceptors (Lipinski definition) is 0. The number of hydrogen-bond donors (Lipinski definition) is 1. The molecule has 0 spiro atoms. The Morgan fingerprint density at radius 2 is 2.67 bits per heavy atom. The molecule has 1 N–H and O–H groups in total. The zero-order valence-electron chi connectivity index (χ0n) is 3.73. The van der Waals surface area contributed by atoms with Crippen LogP contribution < -0.4 is 9.98 Å².